The number of hydrogen-bond acceptors (Lipinski definition) is 6. The van der Waals surface area contributed by atoms with Crippen LogP contribution in [-0.4, -0.2) is 57.7 Å². The lowest BCUT2D eigenvalue weighted by Crippen LogP contribution is -2.46. The van der Waals surface area contributed by atoms with Gasteiger partial charge in [0.05, 0.1) is 17.9 Å². The summed E-state index contributed by atoms with van der Waals surface area (Å²) in [7, 11) is -1.02. The number of carboxylic acid groups (broad SMARTS) is 1. The Hall–Kier alpha value is -3.69. The Kier molecular flexibility index (Phi) is 10.4. The van der Waals surface area contributed by atoms with Crippen LogP contribution in [0.1, 0.15) is 75.8 Å². The molecule has 2 saturated heterocycles. The second kappa shape index (κ2) is 14.4. The van der Waals surface area contributed by atoms with Crippen molar-refractivity contribution in [3.63, 3.8) is 0 Å². The van der Waals surface area contributed by atoms with E-state index in [0.29, 0.717) is 51.4 Å². The minimum absolute atomic E-state index is 0.0816. The third kappa shape index (κ3) is 7.16. The molecule has 0 spiro atoms. The molecule has 4 atom stereocenters. The highest BCUT2D eigenvalue weighted by Crippen LogP contribution is 2.51. The number of fused-ring (bicyclic) bond motifs is 3. The van der Waals surface area contributed by atoms with E-state index < -0.39 is 24.9 Å². The molecule has 0 bridgehead atoms. The Labute approximate surface area is 259 Å². The molecule has 0 unspecified atom stereocenters. The molecule has 2 aromatic carbocycles. The van der Waals surface area contributed by atoms with Crippen molar-refractivity contribution in [1.82, 2.24) is 4.90 Å². The predicted molar refractivity (Wildman–Crippen MR) is 169 cm³/mol. The second-order valence-electron chi connectivity index (χ2n) is 12.3. The van der Waals surface area contributed by atoms with Gasteiger partial charge in [-0.3, -0.25) is 19.3 Å². The summed E-state index contributed by atoms with van der Waals surface area (Å²) in [6, 6.07) is 17.2. The van der Waals surface area contributed by atoms with Gasteiger partial charge in [-0.25, -0.2) is 0 Å². The number of carbonyl (C=O) groups is 3. The SMILES string of the molecule is CCCC1=C2[C@@H](CC/C(=C/c3ccc(O)cc3)c3ccccc3)OB(O)C[C@@H]2[C@@H]2C(=O)N(CCCCCC(=O)O)C(=O)[C@@H]2C1. The summed E-state index contributed by atoms with van der Waals surface area (Å²) in [4.78, 5) is 39.6. The topological polar surface area (TPSA) is 124 Å². The Morgan fingerprint density at radius 2 is 1.75 bits per heavy atom. The fraction of sp³-hybridized carbons (Fsp3) is 0.457. The maximum Gasteiger partial charge on any atom is 0.455 e. The first-order valence-corrected chi connectivity index (χ1v) is 15.9. The normalized spacial score (nSPS) is 23.6. The number of allylic oxidation sites excluding steroid dienone is 2. The van der Waals surface area contributed by atoms with Gasteiger partial charge < -0.3 is 19.9 Å². The van der Waals surface area contributed by atoms with Gasteiger partial charge in [-0.05, 0) is 85.2 Å². The van der Waals surface area contributed by atoms with Crippen LogP contribution in [0, 0.1) is 17.8 Å². The van der Waals surface area contributed by atoms with Gasteiger partial charge in [0.1, 0.15) is 5.75 Å². The largest absolute Gasteiger partial charge is 0.508 e. The molecular formula is C35H42BNO7. The maximum absolute atomic E-state index is 13.8. The number of carboxylic acids is 1. The Morgan fingerprint density at radius 1 is 1.00 bits per heavy atom. The molecule has 2 aliphatic heterocycles. The molecule has 44 heavy (non-hydrogen) atoms. The predicted octanol–water partition coefficient (Wildman–Crippen LogP) is 5.96. The highest BCUT2D eigenvalue weighted by molar-refractivity contribution is 6.43. The van der Waals surface area contributed by atoms with Crippen molar-refractivity contribution in [1.29, 1.82) is 0 Å². The van der Waals surface area contributed by atoms with Crippen molar-refractivity contribution < 1.29 is 34.3 Å². The smallest absolute Gasteiger partial charge is 0.455 e. The average molecular weight is 600 g/mol. The van der Waals surface area contributed by atoms with Crippen molar-refractivity contribution in [2.24, 2.45) is 17.8 Å². The van der Waals surface area contributed by atoms with Crippen LogP contribution in [0.2, 0.25) is 6.32 Å². The van der Waals surface area contributed by atoms with E-state index >= 15 is 0 Å². The number of aromatic hydroxyl groups is 1. The molecule has 2 aromatic rings. The lowest BCUT2D eigenvalue weighted by molar-refractivity contribution is -0.141. The molecule has 0 saturated carbocycles. The first-order chi connectivity index (χ1) is 21.3. The Balaban J connectivity index is 1.38. The van der Waals surface area contributed by atoms with Crippen LogP contribution in [0.4, 0.5) is 0 Å². The molecule has 5 rings (SSSR count). The molecule has 3 aliphatic rings. The van der Waals surface area contributed by atoms with E-state index in [1.807, 2.05) is 30.3 Å². The molecular weight excluding hydrogens is 557 g/mol. The number of benzene rings is 2. The van der Waals surface area contributed by atoms with E-state index in [2.05, 4.69) is 25.1 Å². The number of nitrogens with zero attached hydrogens (tertiary/aromatic N) is 1. The summed E-state index contributed by atoms with van der Waals surface area (Å²) in [5.74, 6) is -2.10. The van der Waals surface area contributed by atoms with Gasteiger partial charge in [-0.1, -0.05) is 73.9 Å². The van der Waals surface area contributed by atoms with Gasteiger partial charge in [0.2, 0.25) is 11.8 Å². The molecule has 8 nitrogen and oxygen atoms in total. The minimum atomic E-state index is -1.02. The Bertz CT molecular complexity index is 1400. The fourth-order valence-electron chi connectivity index (χ4n) is 7.32. The number of unbranched alkanes of at least 4 members (excludes halogenated alkanes) is 2. The van der Waals surface area contributed by atoms with Crippen molar-refractivity contribution >= 4 is 36.6 Å². The van der Waals surface area contributed by atoms with E-state index in [1.165, 1.54) is 10.5 Å². The van der Waals surface area contributed by atoms with Crippen LogP contribution >= 0.6 is 0 Å². The zero-order valence-corrected chi connectivity index (χ0v) is 25.4. The highest BCUT2D eigenvalue weighted by Gasteiger charge is 2.56. The number of amides is 2. The summed E-state index contributed by atoms with van der Waals surface area (Å²) < 4.78 is 6.21. The third-order valence-corrected chi connectivity index (χ3v) is 9.28. The summed E-state index contributed by atoms with van der Waals surface area (Å²) in [6.45, 7) is 2.42. The highest BCUT2D eigenvalue weighted by atomic mass is 16.5. The van der Waals surface area contributed by atoms with E-state index in [0.717, 1.165) is 35.1 Å². The Morgan fingerprint density at radius 3 is 2.45 bits per heavy atom. The molecule has 2 heterocycles. The van der Waals surface area contributed by atoms with Gasteiger partial charge in [0.15, 0.2) is 0 Å². The van der Waals surface area contributed by atoms with Crippen LogP contribution in [-0.2, 0) is 19.0 Å². The van der Waals surface area contributed by atoms with E-state index in [4.69, 9.17) is 9.76 Å². The molecule has 232 valence electrons. The molecule has 2 amide bonds. The van der Waals surface area contributed by atoms with Crippen LogP contribution in [0.25, 0.3) is 11.6 Å². The zero-order valence-electron chi connectivity index (χ0n) is 25.4. The number of carbonyl (C=O) groups excluding carboxylic acids is 2. The van der Waals surface area contributed by atoms with E-state index in [-0.39, 0.29) is 36.0 Å². The number of imide groups is 1. The quantitative estimate of drug-likeness (QED) is 0.0854. The van der Waals surface area contributed by atoms with Crippen molar-refractivity contribution in [2.75, 3.05) is 6.54 Å². The number of rotatable bonds is 13. The lowest BCUT2D eigenvalue weighted by Gasteiger charge is -2.43. The standard InChI is InChI=1S/C35H42BNO7/c1-2-9-26-21-28-33(35(42)37(34(28)41)19-8-4-7-12-31(39)40)29-22-36(43)44-30(32(26)29)18-15-25(24-10-5-3-6-11-24)20-23-13-16-27(38)17-14-23/h3,5-6,10-11,13-14,16-17,20,28-30,33,38,43H,2,4,7-9,12,15,18-19,21-22H2,1H3,(H,39,40)/b25-20-/t28-,29+,30-,33-/m1/s1. The van der Waals surface area contributed by atoms with Gasteiger partial charge in [-0.2, -0.15) is 0 Å². The first kappa shape index (κ1) is 31.7. The average Bonchev–Trinajstić information content (AvgIpc) is 3.24. The van der Waals surface area contributed by atoms with Gasteiger partial charge in [0, 0.05) is 13.0 Å². The van der Waals surface area contributed by atoms with Gasteiger partial charge in [-0.15, -0.1) is 0 Å². The van der Waals surface area contributed by atoms with Gasteiger partial charge in [0.25, 0.3) is 0 Å². The molecule has 0 radical (unpaired) electrons. The number of likely N-dealkylation sites (tertiary alicyclic amines) is 1. The number of hydrogen-bond donors (Lipinski definition) is 3. The molecule has 1 aliphatic carbocycles. The summed E-state index contributed by atoms with van der Waals surface area (Å²) in [5, 5.41) is 29.6. The summed E-state index contributed by atoms with van der Waals surface area (Å²) >= 11 is 0. The van der Waals surface area contributed by atoms with Crippen LogP contribution < -0.4 is 0 Å². The van der Waals surface area contributed by atoms with E-state index in [1.54, 1.807) is 12.1 Å². The molecule has 0 aromatic heterocycles. The number of phenolic OH excluding ortho intramolecular Hbond substituents is 1. The maximum atomic E-state index is 13.8. The van der Waals surface area contributed by atoms with Crippen molar-refractivity contribution in [3.8, 4) is 5.75 Å². The molecule has 3 N–H and O–H groups in total. The van der Waals surface area contributed by atoms with Gasteiger partial charge >= 0.3 is 13.1 Å². The molecule has 9 heteroatoms. The molecule has 2 fully saturated rings. The summed E-state index contributed by atoms with van der Waals surface area (Å²) in [6.07, 6.45) is 7.40. The number of aliphatic carboxylic acids is 1. The van der Waals surface area contributed by atoms with Crippen LogP contribution in [0.3, 0.4) is 0 Å². The van der Waals surface area contributed by atoms with Crippen molar-refractivity contribution in [2.45, 2.75) is 77.1 Å². The van der Waals surface area contributed by atoms with Crippen molar-refractivity contribution in [3.05, 3.63) is 76.9 Å². The zero-order chi connectivity index (χ0) is 31.2. The minimum Gasteiger partial charge on any atom is -0.508 e. The van der Waals surface area contributed by atoms with Crippen LogP contribution in [0.15, 0.2) is 65.7 Å². The second-order valence-corrected chi connectivity index (χ2v) is 12.3. The number of phenols is 1. The van der Waals surface area contributed by atoms with E-state index in [9.17, 15) is 24.5 Å². The fourth-order valence-corrected chi connectivity index (χ4v) is 7.32. The monoisotopic (exact) mass is 599 g/mol. The van der Waals surface area contributed by atoms with Crippen LogP contribution in [0.5, 0.6) is 5.75 Å². The summed E-state index contributed by atoms with van der Waals surface area (Å²) in [5.41, 5.74) is 5.43. The first-order valence-electron chi connectivity index (χ1n) is 15.9. The lowest BCUT2D eigenvalue weighted by atomic mass is 9.58. The third-order valence-electron chi connectivity index (χ3n) is 9.28.